The van der Waals surface area contributed by atoms with Crippen LogP contribution in [0.15, 0.2) is 77.8 Å². The summed E-state index contributed by atoms with van der Waals surface area (Å²) in [6.45, 7) is 0. The lowest BCUT2D eigenvalue weighted by Gasteiger charge is -2.17. The predicted molar refractivity (Wildman–Crippen MR) is 125 cm³/mol. The van der Waals surface area contributed by atoms with Crippen LogP contribution in [-0.4, -0.2) is 38.2 Å². The van der Waals surface area contributed by atoms with Crippen molar-refractivity contribution in [3.8, 4) is 5.69 Å². The highest BCUT2D eigenvalue weighted by atomic mass is 32.2. The number of sulfonamides is 1. The largest absolute Gasteiger partial charge is 0.434 e. The number of halogens is 3. The minimum atomic E-state index is -4.93. The van der Waals surface area contributed by atoms with Gasteiger partial charge in [-0.05, 0) is 24.3 Å². The molecule has 4 rings (SSSR count). The maximum Gasteiger partial charge on any atom is 0.434 e. The summed E-state index contributed by atoms with van der Waals surface area (Å²) in [4.78, 5) is 16.2. The Bertz CT molecular complexity index is 1500. The van der Waals surface area contributed by atoms with Crippen molar-refractivity contribution in [1.82, 2.24) is 20.0 Å². The van der Waals surface area contributed by atoms with Gasteiger partial charge in [0.25, 0.3) is 15.9 Å². The Morgan fingerprint density at radius 1 is 0.943 bits per heavy atom. The van der Waals surface area contributed by atoms with Crippen molar-refractivity contribution in [2.45, 2.75) is 11.1 Å². The molecule has 0 fully saturated rings. The molecule has 4 aromatic rings. The normalized spacial score (nSPS) is 12.0. The molecule has 0 aliphatic carbocycles. The quantitative estimate of drug-likeness (QED) is 0.391. The number of aromatic nitrogens is 2. The van der Waals surface area contributed by atoms with Gasteiger partial charge in [-0.25, -0.2) is 13.1 Å². The Kier molecular flexibility index (Phi) is 6.26. The van der Waals surface area contributed by atoms with Crippen molar-refractivity contribution in [2.24, 2.45) is 0 Å². The Hall–Kier alpha value is -3.90. The lowest BCUT2D eigenvalue weighted by atomic mass is 10.1. The molecule has 3 aromatic carbocycles. The number of hydrogen-bond acceptors (Lipinski definition) is 5. The first-order chi connectivity index (χ1) is 16.5. The Labute approximate surface area is 199 Å². The first kappa shape index (κ1) is 24.2. The van der Waals surface area contributed by atoms with Crippen LogP contribution in [0.1, 0.15) is 16.1 Å². The van der Waals surface area contributed by atoms with Crippen LogP contribution in [-0.2, 0) is 16.2 Å². The first-order valence-corrected chi connectivity index (χ1v) is 11.7. The summed E-state index contributed by atoms with van der Waals surface area (Å²) in [5, 5.41) is 4.73. The number of para-hydroxylation sites is 1. The molecule has 0 aliphatic rings. The fourth-order valence-corrected chi connectivity index (χ4v) is 4.74. The average Bonchev–Trinajstić information content (AvgIpc) is 3.28. The van der Waals surface area contributed by atoms with Crippen LogP contribution >= 0.6 is 0 Å². The topological polar surface area (TPSA) is 96.3 Å². The van der Waals surface area contributed by atoms with E-state index in [4.69, 9.17) is 0 Å². The standard InChI is InChI=1S/C23H20F3N5O3S/c1-30(2)19-12-6-11-17-16(19)10-7-13-20(17)35(33,34)29-28-22(32)18-14-27-31(21(18)23(24,25)26)15-8-4-3-5-9-15/h3-14,29H,1-2H3,(H,28,32). The molecule has 12 heteroatoms. The second-order valence-electron chi connectivity index (χ2n) is 7.73. The van der Waals surface area contributed by atoms with E-state index in [9.17, 15) is 26.4 Å². The zero-order valence-corrected chi connectivity index (χ0v) is 19.4. The van der Waals surface area contributed by atoms with Crippen LogP contribution in [0, 0.1) is 0 Å². The minimum Gasteiger partial charge on any atom is -0.377 e. The highest BCUT2D eigenvalue weighted by molar-refractivity contribution is 7.89. The number of amides is 1. The highest BCUT2D eigenvalue weighted by Gasteiger charge is 2.40. The summed E-state index contributed by atoms with van der Waals surface area (Å²) in [5.74, 6) is -1.31. The SMILES string of the molecule is CN(C)c1cccc2c(S(=O)(=O)NNC(=O)c3cnn(-c4ccccc4)c3C(F)(F)F)cccc12. The molecule has 0 saturated heterocycles. The monoisotopic (exact) mass is 503 g/mol. The van der Waals surface area contributed by atoms with E-state index < -0.39 is 33.4 Å². The summed E-state index contributed by atoms with van der Waals surface area (Å²) < 4.78 is 68.0. The van der Waals surface area contributed by atoms with Crippen LogP contribution in [0.2, 0.25) is 0 Å². The maximum absolute atomic E-state index is 13.8. The van der Waals surface area contributed by atoms with E-state index >= 15 is 0 Å². The van der Waals surface area contributed by atoms with E-state index in [0.29, 0.717) is 15.5 Å². The van der Waals surface area contributed by atoms with Crippen LogP contribution < -0.4 is 15.2 Å². The Balaban J connectivity index is 1.66. The molecule has 1 amide bonds. The smallest absolute Gasteiger partial charge is 0.377 e. The zero-order chi connectivity index (χ0) is 25.4. The van der Waals surface area contributed by atoms with Gasteiger partial charge >= 0.3 is 6.18 Å². The molecule has 0 spiro atoms. The third-order valence-electron chi connectivity index (χ3n) is 5.21. The average molecular weight is 504 g/mol. The fourth-order valence-electron chi connectivity index (χ4n) is 3.68. The Morgan fingerprint density at radius 3 is 2.26 bits per heavy atom. The number of carbonyl (C=O) groups is 1. The van der Waals surface area contributed by atoms with Crippen LogP contribution in [0.4, 0.5) is 18.9 Å². The van der Waals surface area contributed by atoms with Gasteiger partial charge in [-0.3, -0.25) is 10.2 Å². The van der Waals surface area contributed by atoms with Gasteiger partial charge in [-0.1, -0.05) is 42.5 Å². The van der Waals surface area contributed by atoms with Gasteiger partial charge in [0.05, 0.1) is 22.3 Å². The van der Waals surface area contributed by atoms with Gasteiger partial charge < -0.3 is 4.90 Å². The van der Waals surface area contributed by atoms with E-state index in [-0.39, 0.29) is 10.6 Å². The number of nitrogens with zero attached hydrogens (tertiary/aromatic N) is 3. The van der Waals surface area contributed by atoms with Crippen molar-refractivity contribution in [3.63, 3.8) is 0 Å². The second kappa shape index (κ2) is 9.04. The van der Waals surface area contributed by atoms with E-state index in [2.05, 4.69) is 5.10 Å². The fraction of sp³-hybridized carbons (Fsp3) is 0.130. The predicted octanol–water partition coefficient (Wildman–Crippen LogP) is 3.73. The minimum absolute atomic E-state index is 0.0897. The van der Waals surface area contributed by atoms with Gasteiger partial charge in [0.2, 0.25) is 0 Å². The van der Waals surface area contributed by atoms with Crippen molar-refractivity contribution in [2.75, 3.05) is 19.0 Å². The van der Waals surface area contributed by atoms with Gasteiger partial charge in [-0.2, -0.15) is 18.3 Å². The van der Waals surface area contributed by atoms with E-state index in [0.717, 1.165) is 11.9 Å². The molecule has 1 aromatic heterocycles. The summed E-state index contributed by atoms with van der Waals surface area (Å²) in [7, 11) is -0.719. The molecule has 35 heavy (non-hydrogen) atoms. The number of rotatable bonds is 6. The summed E-state index contributed by atoms with van der Waals surface area (Å²) in [6.07, 6.45) is -4.20. The van der Waals surface area contributed by atoms with E-state index in [1.807, 2.05) is 35.3 Å². The molecule has 1 heterocycles. The molecular weight excluding hydrogens is 483 g/mol. The molecule has 0 aliphatic heterocycles. The first-order valence-electron chi connectivity index (χ1n) is 10.2. The van der Waals surface area contributed by atoms with Crippen LogP contribution in [0.25, 0.3) is 16.5 Å². The second-order valence-corrected chi connectivity index (χ2v) is 9.39. The van der Waals surface area contributed by atoms with Crippen molar-refractivity contribution >= 4 is 32.4 Å². The zero-order valence-electron chi connectivity index (χ0n) is 18.5. The number of anilines is 1. The van der Waals surface area contributed by atoms with E-state index in [1.54, 1.807) is 24.3 Å². The molecular formula is C23H20F3N5O3S. The molecule has 0 bridgehead atoms. The molecule has 0 unspecified atom stereocenters. The number of carbonyl (C=O) groups excluding carboxylic acids is 1. The summed E-state index contributed by atoms with van der Waals surface area (Å²) in [6, 6.07) is 17.2. The molecule has 0 atom stereocenters. The van der Waals surface area contributed by atoms with Gasteiger partial charge in [0.15, 0.2) is 5.69 Å². The van der Waals surface area contributed by atoms with Crippen molar-refractivity contribution < 1.29 is 26.4 Å². The molecule has 8 nitrogen and oxygen atoms in total. The van der Waals surface area contributed by atoms with Gasteiger partial charge in [-0.15, -0.1) is 4.83 Å². The van der Waals surface area contributed by atoms with Crippen LogP contribution in [0.5, 0.6) is 0 Å². The number of benzene rings is 3. The molecule has 182 valence electrons. The van der Waals surface area contributed by atoms with Crippen LogP contribution in [0.3, 0.4) is 0 Å². The number of nitrogens with one attached hydrogen (secondary N) is 2. The molecule has 0 radical (unpaired) electrons. The molecule has 2 N–H and O–H groups in total. The third kappa shape index (κ3) is 4.70. The third-order valence-corrected chi connectivity index (χ3v) is 6.52. The Morgan fingerprint density at radius 2 is 1.60 bits per heavy atom. The highest BCUT2D eigenvalue weighted by Crippen LogP contribution is 2.34. The maximum atomic E-state index is 13.8. The summed E-state index contributed by atoms with van der Waals surface area (Å²) >= 11 is 0. The molecule has 0 saturated carbocycles. The van der Waals surface area contributed by atoms with Gasteiger partial charge in [0.1, 0.15) is 0 Å². The lowest BCUT2D eigenvalue weighted by molar-refractivity contribution is -0.143. The number of fused-ring (bicyclic) bond motifs is 1. The van der Waals surface area contributed by atoms with E-state index in [1.165, 1.54) is 36.4 Å². The van der Waals surface area contributed by atoms with Crippen molar-refractivity contribution in [3.05, 3.63) is 84.2 Å². The number of hydrogen-bond donors (Lipinski definition) is 2. The number of alkyl halides is 3. The van der Waals surface area contributed by atoms with Crippen molar-refractivity contribution in [1.29, 1.82) is 0 Å². The number of hydrazine groups is 1. The van der Waals surface area contributed by atoms with Gasteiger partial charge in [0, 0.05) is 30.6 Å². The lowest BCUT2D eigenvalue weighted by Crippen LogP contribution is -2.42. The summed E-state index contributed by atoms with van der Waals surface area (Å²) in [5.41, 5.74) is 0.568.